The fourth-order valence-electron chi connectivity index (χ4n) is 1.51. The van der Waals surface area contributed by atoms with Crippen molar-refractivity contribution in [1.29, 1.82) is 0 Å². The lowest BCUT2D eigenvalue weighted by molar-refractivity contribution is -0.121. The Hall–Kier alpha value is -1.64. The van der Waals surface area contributed by atoms with Gasteiger partial charge in [0.05, 0.1) is 0 Å². The van der Waals surface area contributed by atoms with Crippen molar-refractivity contribution in [2.45, 2.75) is 33.1 Å². The van der Waals surface area contributed by atoms with E-state index in [4.69, 9.17) is 4.74 Å². The smallest absolute Gasteiger partial charge is 0.170 e. The van der Waals surface area contributed by atoms with Gasteiger partial charge in [0.1, 0.15) is 18.1 Å². The Morgan fingerprint density at radius 1 is 1.18 bits per heavy atom. The highest BCUT2D eigenvalue weighted by Crippen LogP contribution is 2.13. The van der Waals surface area contributed by atoms with Crippen LogP contribution in [0.3, 0.4) is 0 Å². The first-order valence-electron chi connectivity index (χ1n) is 5.84. The highest BCUT2D eigenvalue weighted by atomic mass is 16.5. The SMILES string of the molecule is CCCC(=O)COc1ccc(CC(C)=O)cc1. The maximum atomic E-state index is 11.3. The van der Waals surface area contributed by atoms with Crippen LogP contribution >= 0.6 is 0 Å². The third kappa shape index (κ3) is 5.29. The van der Waals surface area contributed by atoms with Crippen LogP contribution in [0.15, 0.2) is 24.3 Å². The lowest BCUT2D eigenvalue weighted by Gasteiger charge is -2.05. The normalized spacial score (nSPS) is 10.0. The van der Waals surface area contributed by atoms with E-state index >= 15 is 0 Å². The minimum absolute atomic E-state index is 0.111. The molecule has 0 aliphatic rings. The fraction of sp³-hybridized carbons (Fsp3) is 0.429. The molecule has 0 saturated carbocycles. The van der Waals surface area contributed by atoms with Gasteiger partial charge < -0.3 is 4.74 Å². The first-order valence-corrected chi connectivity index (χ1v) is 5.84. The minimum Gasteiger partial charge on any atom is -0.486 e. The molecule has 3 nitrogen and oxygen atoms in total. The van der Waals surface area contributed by atoms with Crippen LogP contribution < -0.4 is 4.74 Å². The van der Waals surface area contributed by atoms with E-state index < -0.39 is 0 Å². The molecule has 3 heteroatoms. The molecular formula is C14H18O3. The highest BCUT2D eigenvalue weighted by molar-refractivity contribution is 5.80. The Labute approximate surface area is 102 Å². The molecule has 0 N–H and O–H groups in total. The van der Waals surface area contributed by atoms with Crippen molar-refractivity contribution in [3.05, 3.63) is 29.8 Å². The third-order valence-corrected chi connectivity index (χ3v) is 2.31. The number of carbonyl (C=O) groups excluding carboxylic acids is 2. The maximum absolute atomic E-state index is 11.3. The number of hydrogen-bond acceptors (Lipinski definition) is 3. The van der Waals surface area contributed by atoms with Gasteiger partial charge in [-0.2, -0.15) is 0 Å². The van der Waals surface area contributed by atoms with Crippen LogP contribution in [-0.2, 0) is 16.0 Å². The summed E-state index contributed by atoms with van der Waals surface area (Å²) in [5.74, 6) is 0.916. The summed E-state index contributed by atoms with van der Waals surface area (Å²) >= 11 is 0. The van der Waals surface area contributed by atoms with E-state index in [-0.39, 0.29) is 18.2 Å². The standard InChI is InChI=1S/C14H18O3/c1-3-4-13(16)10-17-14-7-5-12(6-8-14)9-11(2)15/h5-8H,3-4,9-10H2,1-2H3. The quantitative estimate of drug-likeness (QED) is 0.728. The molecule has 1 aromatic carbocycles. The fourth-order valence-corrected chi connectivity index (χ4v) is 1.51. The van der Waals surface area contributed by atoms with Gasteiger partial charge in [-0.25, -0.2) is 0 Å². The topological polar surface area (TPSA) is 43.4 Å². The second-order valence-electron chi connectivity index (χ2n) is 4.10. The van der Waals surface area contributed by atoms with Gasteiger partial charge in [-0.15, -0.1) is 0 Å². The Balaban J connectivity index is 2.45. The maximum Gasteiger partial charge on any atom is 0.170 e. The van der Waals surface area contributed by atoms with Gasteiger partial charge in [-0.05, 0) is 31.0 Å². The van der Waals surface area contributed by atoms with Gasteiger partial charge in [0.2, 0.25) is 0 Å². The summed E-state index contributed by atoms with van der Waals surface area (Å²) in [6, 6.07) is 7.27. The van der Waals surface area contributed by atoms with Crippen molar-refractivity contribution >= 4 is 11.6 Å². The van der Waals surface area contributed by atoms with E-state index in [1.807, 2.05) is 19.1 Å². The Bertz CT molecular complexity index is 379. The molecule has 0 fully saturated rings. The van der Waals surface area contributed by atoms with Crippen LogP contribution in [0.4, 0.5) is 0 Å². The summed E-state index contributed by atoms with van der Waals surface area (Å²) < 4.78 is 5.35. The third-order valence-electron chi connectivity index (χ3n) is 2.31. The van der Waals surface area contributed by atoms with Crippen LogP contribution in [0, 0.1) is 0 Å². The average molecular weight is 234 g/mol. The van der Waals surface area contributed by atoms with Crippen molar-refractivity contribution in [3.63, 3.8) is 0 Å². The molecule has 0 spiro atoms. The van der Waals surface area contributed by atoms with Gasteiger partial charge in [-0.3, -0.25) is 9.59 Å². The van der Waals surface area contributed by atoms with Crippen LogP contribution in [0.25, 0.3) is 0 Å². The zero-order valence-electron chi connectivity index (χ0n) is 10.4. The molecule has 92 valence electrons. The van der Waals surface area contributed by atoms with E-state index in [1.165, 1.54) is 0 Å². The Morgan fingerprint density at radius 3 is 2.35 bits per heavy atom. The predicted octanol–water partition coefficient (Wildman–Crippen LogP) is 2.57. The molecule has 0 unspecified atom stereocenters. The molecule has 0 radical (unpaired) electrons. The van der Waals surface area contributed by atoms with E-state index in [1.54, 1.807) is 19.1 Å². The molecule has 1 aromatic rings. The molecule has 0 amide bonds. The van der Waals surface area contributed by atoms with Gasteiger partial charge in [0, 0.05) is 12.8 Å². The predicted molar refractivity (Wildman–Crippen MR) is 66.2 cm³/mol. The van der Waals surface area contributed by atoms with E-state index in [0.29, 0.717) is 18.6 Å². The number of rotatable bonds is 7. The summed E-state index contributed by atoms with van der Waals surface area (Å²) in [5.41, 5.74) is 0.963. The molecule has 0 heterocycles. The van der Waals surface area contributed by atoms with Gasteiger partial charge in [-0.1, -0.05) is 19.1 Å². The summed E-state index contributed by atoms with van der Waals surface area (Å²) in [6.07, 6.45) is 1.84. The van der Waals surface area contributed by atoms with Gasteiger partial charge >= 0.3 is 0 Å². The first-order chi connectivity index (χ1) is 8.11. The number of ether oxygens (including phenoxy) is 1. The summed E-state index contributed by atoms with van der Waals surface area (Å²) in [4.78, 5) is 22.2. The summed E-state index contributed by atoms with van der Waals surface area (Å²) in [5, 5.41) is 0. The average Bonchev–Trinajstić information content (AvgIpc) is 2.28. The van der Waals surface area contributed by atoms with Gasteiger partial charge in [0.25, 0.3) is 0 Å². The van der Waals surface area contributed by atoms with Crippen molar-refractivity contribution in [2.24, 2.45) is 0 Å². The number of carbonyl (C=O) groups is 2. The molecule has 0 aliphatic heterocycles. The zero-order chi connectivity index (χ0) is 12.7. The molecule has 0 aromatic heterocycles. The zero-order valence-corrected chi connectivity index (χ0v) is 10.4. The monoisotopic (exact) mass is 234 g/mol. The lowest BCUT2D eigenvalue weighted by atomic mass is 10.1. The molecule has 0 bridgehead atoms. The van der Waals surface area contributed by atoms with Crippen LogP contribution in [-0.4, -0.2) is 18.2 Å². The number of Topliss-reactive ketones (excluding diaryl/α,β-unsaturated/α-hetero) is 2. The number of ketones is 2. The van der Waals surface area contributed by atoms with E-state index in [9.17, 15) is 9.59 Å². The van der Waals surface area contributed by atoms with Crippen LogP contribution in [0.5, 0.6) is 5.75 Å². The van der Waals surface area contributed by atoms with E-state index in [0.717, 1.165) is 12.0 Å². The second kappa shape index (κ2) is 6.84. The lowest BCUT2D eigenvalue weighted by Crippen LogP contribution is -2.10. The molecule has 0 atom stereocenters. The summed E-state index contributed by atoms with van der Waals surface area (Å²) in [7, 11) is 0. The number of hydrogen-bond donors (Lipinski definition) is 0. The highest BCUT2D eigenvalue weighted by Gasteiger charge is 2.02. The number of benzene rings is 1. The Kier molecular flexibility index (Phi) is 5.40. The van der Waals surface area contributed by atoms with Crippen molar-refractivity contribution < 1.29 is 14.3 Å². The molecule has 0 saturated heterocycles. The van der Waals surface area contributed by atoms with Crippen LogP contribution in [0.2, 0.25) is 0 Å². The van der Waals surface area contributed by atoms with Crippen molar-refractivity contribution in [3.8, 4) is 5.75 Å². The molecule has 0 aliphatic carbocycles. The first kappa shape index (κ1) is 13.4. The second-order valence-corrected chi connectivity index (χ2v) is 4.10. The van der Waals surface area contributed by atoms with Crippen molar-refractivity contribution in [2.75, 3.05) is 6.61 Å². The largest absolute Gasteiger partial charge is 0.486 e. The van der Waals surface area contributed by atoms with Crippen LogP contribution in [0.1, 0.15) is 32.3 Å². The van der Waals surface area contributed by atoms with Gasteiger partial charge in [0.15, 0.2) is 5.78 Å². The van der Waals surface area contributed by atoms with E-state index in [2.05, 4.69) is 0 Å². The molecule has 17 heavy (non-hydrogen) atoms. The molecular weight excluding hydrogens is 216 g/mol. The Morgan fingerprint density at radius 2 is 1.82 bits per heavy atom. The van der Waals surface area contributed by atoms with Crippen molar-refractivity contribution in [1.82, 2.24) is 0 Å². The molecule has 1 rings (SSSR count). The summed E-state index contributed by atoms with van der Waals surface area (Å²) in [6.45, 7) is 3.65. The minimum atomic E-state index is 0.111.